The van der Waals surface area contributed by atoms with Crippen LogP contribution < -0.4 is 10.1 Å². The molecule has 1 atom stereocenters. The van der Waals surface area contributed by atoms with Gasteiger partial charge < -0.3 is 14.8 Å². The van der Waals surface area contributed by atoms with Crippen molar-refractivity contribution in [2.45, 2.75) is 11.0 Å². The normalized spacial score (nSPS) is 20.1. The lowest BCUT2D eigenvalue weighted by molar-refractivity contribution is 0.0206. The Morgan fingerprint density at radius 2 is 2.10 bits per heavy atom. The van der Waals surface area contributed by atoms with E-state index in [1.807, 2.05) is 0 Å². The average molecular weight is 300 g/mol. The number of likely N-dealkylation sites (N-methyl/N-ethyl adjacent to an activating group) is 1. The molecule has 6 nitrogen and oxygen atoms in total. The number of hydrogen-bond donors (Lipinski definition) is 1. The Bertz CT molecular complexity index is 524. The molecule has 7 heteroatoms. The van der Waals surface area contributed by atoms with Crippen molar-refractivity contribution in [3.05, 3.63) is 24.3 Å². The summed E-state index contributed by atoms with van der Waals surface area (Å²) in [5, 5.41) is 3.18. The zero-order valence-corrected chi connectivity index (χ0v) is 12.5. The third-order valence-corrected chi connectivity index (χ3v) is 5.07. The highest BCUT2D eigenvalue weighted by Crippen LogP contribution is 2.19. The van der Waals surface area contributed by atoms with Crippen molar-refractivity contribution in [1.82, 2.24) is 9.62 Å². The first-order valence-electron chi connectivity index (χ1n) is 6.47. The molecule has 1 aliphatic rings. The highest BCUT2D eigenvalue weighted by atomic mass is 32.2. The predicted molar refractivity (Wildman–Crippen MR) is 75.4 cm³/mol. The van der Waals surface area contributed by atoms with E-state index >= 15 is 0 Å². The van der Waals surface area contributed by atoms with Crippen molar-refractivity contribution in [2.75, 3.05) is 40.4 Å². The molecule has 1 unspecified atom stereocenters. The minimum Gasteiger partial charge on any atom is -0.497 e. The van der Waals surface area contributed by atoms with Crippen LogP contribution in [0.4, 0.5) is 0 Å². The van der Waals surface area contributed by atoms with Gasteiger partial charge in [-0.2, -0.15) is 4.31 Å². The van der Waals surface area contributed by atoms with Crippen LogP contribution in [-0.4, -0.2) is 59.2 Å². The lowest BCUT2D eigenvalue weighted by Gasteiger charge is -2.27. The van der Waals surface area contributed by atoms with Gasteiger partial charge in [0.05, 0.1) is 24.7 Å². The summed E-state index contributed by atoms with van der Waals surface area (Å²) < 4.78 is 36.7. The number of morpholine rings is 1. The molecule has 1 aromatic rings. The smallest absolute Gasteiger partial charge is 0.242 e. The zero-order chi connectivity index (χ0) is 14.6. The molecule has 112 valence electrons. The topological polar surface area (TPSA) is 67.9 Å². The van der Waals surface area contributed by atoms with Gasteiger partial charge in [-0.25, -0.2) is 8.42 Å². The van der Waals surface area contributed by atoms with Crippen molar-refractivity contribution in [3.63, 3.8) is 0 Å². The highest BCUT2D eigenvalue weighted by Gasteiger charge is 2.25. The van der Waals surface area contributed by atoms with Gasteiger partial charge in [-0.1, -0.05) is 0 Å². The molecular formula is C13H20N2O4S. The fourth-order valence-electron chi connectivity index (χ4n) is 2.05. The monoisotopic (exact) mass is 300 g/mol. The second kappa shape index (κ2) is 6.53. The van der Waals surface area contributed by atoms with E-state index in [9.17, 15) is 8.42 Å². The molecule has 0 radical (unpaired) electrons. The fraction of sp³-hybridized carbons (Fsp3) is 0.538. The number of hydrogen-bond acceptors (Lipinski definition) is 5. The van der Waals surface area contributed by atoms with Gasteiger partial charge in [-0.15, -0.1) is 0 Å². The minimum absolute atomic E-state index is 0.109. The Balaban J connectivity index is 2.07. The first kappa shape index (κ1) is 15.2. The Kier molecular flexibility index (Phi) is 4.98. The highest BCUT2D eigenvalue weighted by molar-refractivity contribution is 7.89. The summed E-state index contributed by atoms with van der Waals surface area (Å²) in [6.07, 6.45) is -0.109. The van der Waals surface area contributed by atoms with Gasteiger partial charge in [-0.3, -0.25) is 0 Å². The molecule has 2 rings (SSSR count). The molecule has 1 aliphatic heterocycles. The standard InChI is InChI=1S/C13H20N2O4S/c1-15(10-12-9-14-7-8-19-12)20(16,17)13-5-3-11(18-2)4-6-13/h3-6,12,14H,7-10H2,1-2H3. The third kappa shape index (κ3) is 3.49. The molecule has 0 amide bonds. The Morgan fingerprint density at radius 1 is 1.40 bits per heavy atom. The van der Waals surface area contributed by atoms with Gasteiger partial charge in [0, 0.05) is 26.7 Å². The quantitative estimate of drug-likeness (QED) is 0.847. The number of ether oxygens (including phenoxy) is 2. The number of nitrogens with zero attached hydrogens (tertiary/aromatic N) is 1. The first-order valence-corrected chi connectivity index (χ1v) is 7.91. The van der Waals surface area contributed by atoms with Crippen molar-refractivity contribution < 1.29 is 17.9 Å². The summed E-state index contributed by atoms with van der Waals surface area (Å²) in [5.74, 6) is 0.631. The van der Waals surface area contributed by atoms with Crippen LogP contribution in [0.3, 0.4) is 0 Å². The Labute approximate surface area is 119 Å². The van der Waals surface area contributed by atoms with Gasteiger partial charge >= 0.3 is 0 Å². The van der Waals surface area contributed by atoms with Crippen LogP contribution in [0.5, 0.6) is 5.75 Å². The second-order valence-corrected chi connectivity index (χ2v) is 6.70. The number of sulfonamides is 1. The molecular weight excluding hydrogens is 280 g/mol. The lowest BCUT2D eigenvalue weighted by Crippen LogP contribution is -2.45. The van der Waals surface area contributed by atoms with Gasteiger partial charge in [0.1, 0.15) is 5.75 Å². The van der Waals surface area contributed by atoms with Crippen LogP contribution in [0.15, 0.2) is 29.2 Å². The van der Waals surface area contributed by atoms with Crippen molar-refractivity contribution in [2.24, 2.45) is 0 Å². The molecule has 0 spiro atoms. The molecule has 1 saturated heterocycles. The molecule has 1 heterocycles. The second-order valence-electron chi connectivity index (χ2n) is 4.66. The molecule has 1 aromatic carbocycles. The summed E-state index contributed by atoms with van der Waals surface area (Å²) in [4.78, 5) is 0.254. The molecule has 20 heavy (non-hydrogen) atoms. The van der Waals surface area contributed by atoms with Crippen molar-refractivity contribution in [1.29, 1.82) is 0 Å². The summed E-state index contributed by atoms with van der Waals surface area (Å²) in [5.41, 5.74) is 0. The molecule has 0 aliphatic carbocycles. The SMILES string of the molecule is COc1ccc(S(=O)(=O)N(C)CC2CNCCO2)cc1. The average Bonchev–Trinajstić information content (AvgIpc) is 2.48. The van der Waals surface area contributed by atoms with Gasteiger partial charge in [-0.05, 0) is 24.3 Å². The van der Waals surface area contributed by atoms with Crippen LogP contribution in [-0.2, 0) is 14.8 Å². The minimum atomic E-state index is -3.49. The number of rotatable bonds is 5. The molecule has 0 aromatic heterocycles. The van der Waals surface area contributed by atoms with Crippen LogP contribution >= 0.6 is 0 Å². The maximum Gasteiger partial charge on any atom is 0.242 e. The van der Waals surface area contributed by atoms with Crippen molar-refractivity contribution >= 4 is 10.0 Å². The summed E-state index contributed by atoms with van der Waals surface area (Å²) >= 11 is 0. The fourth-order valence-corrected chi connectivity index (χ4v) is 3.25. The van der Waals surface area contributed by atoms with Gasteiger partial charge in [0.15, 0.2) is 0 Å². The largest absolute Gasteiger partial charge is 0.497 e. The summed E-state index contributed by atoms with van der Waals surface area (Å²) in [6, 6.07) is 6.37. The summed E-state index contributed by atoms with van der Waals surface area (Å²) in [7, 11) is -0.382. The van der Waals surface area contributed by atoms with Crippen molar-refractivity contribution in [3.8, 4) is 5.75 Å². The lowest BCUT2D eigenvalue weighted by atomic mass is 10.3. The summed E-state index contributed by atoms with van der Waals surface area (Å²) in [6.45, 7) is 2.43. The Morgan fingerprint density at radius 3 is 2.65 bits per heavy atom. The maximum absolute atomic E-state index is 12.4. The van der Waals surface area contributed by atoms with E-state index in [1.54, 1.807) is 38.4 Å². The van der Waals surface area contributed by atoms with Crippen LogP contribution in [0.1, 0.15) is 0 Å². The van der Waals surface area contributed by atoms with E-state index in [-0.39, 0.29) is 11.0 Å². The molecule has 1 fully saturated rings. The van der Waals surface area contributed by atoms with E-state index in [0.29, 0.717) is 25.4 Å². The van der Waals surface area contributed by atoms with E-state index < -0.39 is 10.0 Å². The third-order valence-electron chi connectivity index (χ3n) is 3.23. The van der Waals surface area contributed by atoms with E-state index in [1.165, 1.54) is 4.31 Å². The predicted octanol–water partition coefficient (Wildman–Crippen LogP) is 0.304. The molecule has 0 bridgehead atoms. The van der Waals surface area contributed by atoms with Crippen LogP contribution in [0.25, 0.3) is 0 Å². The first-order chi connectivity index (χ1) is 9.54. The number of methoxy groups -OCH3 is 1. The van der Waals surface area contributed by atoms with E-state index in [0.717, 1.165) is 6.54 Å². The Hall–Kier alpha value is -1.15. The van der Waals surface area contributed by atoms with Crippen LogP contribution in [0.2, 0.25) is 0 Å². The number of benzene rings is 1. The van der Waals surface area contributed by atoms with E-state index in [2.05, 4.69) is 5.32 Å². The van der Waals surface area contributed by atoms with Gasteiger partial charge in [0.2, 0.25) is 10.0 Å². The number of nitrogens with one attached hydrogen (secondary N) is 1. The maximum atomic E-state index is 12.4. The van der Waals surface area contributed by atoms with Gasteiger partial charge in [0.25, 0.3) is 0 Å². The van der Waals surface area contributed by atoms with Crippen LogP contribution in [0, 0.1) is 0 Å². The zero-order valence-electron chi connectivity index (χ0n) is 11.7. The molecule has 0 saturated carbocycles. The molecule has 1 N–H and O–H groups in total. The van der Waals surface area contributed by atoms with E-state index in [4.69, 9.17) is 9.47 Å².